The molecule has 0 aliphatic heterocycles. The van der Waals surface area contributed by atoms with Gasteiger partial charge in [0, 0.05) is 0 Å². The molecule has 0 heterocycles. The summed E-state index contributed by atoms with van der Waals surface area (Å²) in [6.45, 7) is 5.01. The van der Waals surface area contributed by atoms with Crippen LogP contribution in [0.1, 0.15) is 84.5 Å². The second-order valence-electron chi connectivity index (χ2n) is 4.99. The van der Waals surface area contributed by atoms with E-state index >= 15 is 0 Å². The molecule has 0 aliphatic carbocycles. The van der Waals surface area contributed by atoms with Gasteiger partial charge in [-0.1, -0.05) is 71.6 Å². The molecular formula is C16H31O2. The van der Waals surface area contributed by atoms with E-state index in [9.17, 15) is 4.79 Å². The minimum Gasteiger partial charge on any atom is -0.465 e. The van der Waals surface area contributed by atoms with Crippen LogP contribution in [0.3, 0.4) is 0 Å². The van der Waals surface area contributed by atoms with Crippen molar-refractivity contribution < 1.29 is 9.53 Å². The van der Waals surface area contributed by atoms with E-state index in [0.29, 0.717) is 6.61 Å². The van der Waals surface area contributed by atoms with Gasteiger partial charge in [0.05, 0.1) is 13.0 Å². The lowest BCUT2D eigenvalue weighted by atomic mass is 10.1. The third-order valence-corrected chi connectivity index (χ3v) is 3.11. The van der Waals surface area contributed by atoms with Crippen LogP contribution in [0.4, 0.5) is 0 Å². The summed E-state index contributed by atoms with van der Waals surface area (Å²) in [5, 5.41) is 0. The summed E-state index contributed by atoms with van der Waals surface area (Å²) >= 11 is 0. The van der Waals surface area contributed by atoms with E-state index in [4.69, 9.17) is 4.74 Å². The molecule has 0 atom stereocenters. The van der Waals surface area contributed by atoms with E-state index in [1.54, 1.807) is 6.42 Å². The number of hydrogen-bond donors (Lipinski definition) is 0. The first-order valence-electron chi connectivity index (χ1n) is 7.81. The minimum atomic E-state index is -0.125. The number of hydrogen-bond acceptors (Lipinski definition) is 2. The molecule has 0 aliphatic rings. The number of rotatable bonds is 13. The van der Waals surface area contributed by atoms with Crippen molar-refractivity contribution in [3.8, 4) is 0 Å². The zero-order valence-corrected chi connectivity index (χ0v) is 12.4. The Hall–Kier alpha value is -0.530. The summed E-state index contributed by atoms with van der Waals surface area (Å²) < 4.78 is 5.16. The number of carbonyl (C=O) groups is 1. The van der Waals surface area contributed by atoms with Crippen LogP contribution < -0.4 is 0 Å². The Kier molecular flexibility index (Phi) is 14.1. The molecule has 0 unspecified atom stereocenters. The first-order chi connectivity index (χ1) is 8.81. The highest BCUT2D eigenvalue weighted by molar-refractivity contribution is 5.78. The van der Waals surface area contributed by atoms with Crippen molar-refractivity contribution in [3.05, 3.63) is 6.42 Å². The summed E-state index contributed by atoms with van der Waals surface area (Å²) in [4.78, 5) is 11.3. The molecule has 0 bridgehead atoms. The van der Waals surface area contributed by atoms with Gasteiger partial charge in [-0.25, -0.2) is 0 Å². The van der Waals surface area contributed by atoms with Crippen molar-refractivity contribution in [1.29, 1.82) is 0 Å². The maximum absolute atomic E-state index is 11.3. The van der Waals surface area contributed by atoms with Gasteiger partial charge in [-0.3, -0.25) is 4.79 Å². The van der Waals surface area contributed by atoms with Gasteiger partial charge in [-0.15, -0.1) is 0 Å². The summed E-state index contributed by atoms with van der Waals surface area (Å²) in [6, 6.07) is 0. The van der Waals surface area contributed by atoms with Crippen molar-refractivity contribution in [2.75, 3.05) is 6.61 Å². The SMILES string of the molecule is CCCCCC[CH]C(=O)OCCCCCCCC. The summed E-state index contributed by atoms with van der Waals surface area (Å²) in [7, 11) is 0. The van der Waals surface area contributed by atoms with Gasteiger partial charge in [-0.2, -0.15) is 0 Å². The monoisotopic (exact) mass is 255 g/mol. The molecule has 0 rings (SSSR count). The molecule has 18 heavy (non-hydrogen) atoms. The fourth-order valence-corrected chi connectivity index (χ4v) is 1.91. The molecule has 2 heteroatoms. The van der Waals surface area contributed by atoms with Crippen molar-refractivity contribution in [3.63, 3.8) is 0 Å². The van der Waals surface area contributed by atoms with Gasteiger partial charge in [0.15, 0.2) is 0 Å². The van der Waals surface area contributed by atoms with Crippen LogP contribution in [0.2, 0.25) is 0 Å². The van der Waals surface area contributed by atoms with E-state index in [1.165, 1.54) is 51.4 Å². The maximum Gasteiger partial charge on any atom is 0.309 e. The van der Waals surface area contributed by atoms with Crippen molar-refractivity contribution in [1.82, 2.24) is 0 Å². The van der Waals surface area contributed by atoms with E-state index in [-0.39, 0.29) is 5.97 Å². The molecule has 0 N–H and O–H groups in total. The van der Waals surface area contributed by atoms with Crippen LogP contribution in [0, 0.1) is 6.42 Å². The molecule has 0 aromatic carbocycles. The molecule has 0 spiro atoms. The largest absolute Gasteiger partial charge is 0.465 e. The first-order valence-corrected chi connectivity index (χ1v) is 7.81. The van der Waals surface area contributed by atoms with Crippen molar-refractivity contribution in [2.24, 2.45) is 0 Å². The lowest BCUT2D eigenvalue weighted by molar-refractivity contribution is -0.139. The van der Waals surface area contributed by atoms with Crippen LogP contribution in [-0.4, -0.2) is 12.6 Å². The second-order valence-corrected chi connectivity index (χ2v) is 4.99. The Balaban J connectivity index is 3.12. The van der Waals surface area contributed by atoms with Gasteiger partial charge in [-0.05, 0) is 12.8 Å². The number of carbonyl (C=O) groups excluding carboxylic acids is 1. The lowest BCUT2D eigenvalue weighted by Gasteiger charge is -2.04. The second kappa shape index (κ2) is 14.5. The smallest absolute Gasteiger partial charge is 0.309 e. The van der Waals surface area contributed by atoms with Gasteiger partial charge in [0.25, 0.3) is 0 Å². The molecule has 0 saturated heterocycles. The average Bonchev–Trinajstić information content (AvgIpc) is 2.37. The lowest BCUT2D eigenvalue weighted by Crippen LogP contribution is -2.06. The Morgan fingerprint density at radius 2 is 1.39 bits per heavy atom. The van der Waals surface area contributed by atoms with E-state index in [1.807, 2.05) is 0 Å². The van der Waals surface area contributed by atoms with Crippen LogP contribution in [0.5, 0.6) is 0 Å². The summed E-state index contributed by atoms with van der Waals surface area (Å²) in [5.41, 5.74) is 0. The van der Waals surface area contributed by atoms with Crippen LogP contribution in [0.15, 0.2) is 0 Å². The fourth-order valence-electron chi connectivity index (χ4n) is 1.91. The maximum atomic E-state index is 11.3. The predicted octanol–water partition coefficient (Wildman–Crippen LogP) is 5.06. The number of esters is 1. The highest BCUT2D eigenvalue weighted by Gasteiger charge is 2.02. The fraction of sp³-hybridized carbons (Fsp3) is 0.875. The van der Waals surface area contributed by atoms with Crippen molar-refractivity contribution >= 4 is 5.97 Å². The Morgan fingerprint density at radius 1 is 0.833 bits per heavy atom. The molecule has 107 valence electrons. The molecule has 0 aromatic heterocycles. The third kappa shape index (κ3) is 13.5. The zero-order chi connectivity index (χ0) is 13.5. The van der Waals surface area contributed by atoms with Gasteiger partial charge < -0.3 is 4.74 Å². The van der Waals surface area contributed by atoms with Crippen LogP contribution in [0.25, 0.3) is 0 Å². The number of unbranched alkanes of at least 4 members (excludes halogenated alkanes) is 9. The summed E-state index contributed by atoms with van der Waals surface area (Å²) in [6.07, 6.45) is 14.8. The highest BCUT2D eigenvalue weighted by Crippen LogP contribution is 2.07. The molecule has 0 amide bonds. The van der Waals surface area contributed by atoms with Gasteiger partial charge >= 0.3 is 5.97 Å². The Bertz CT molecular complexity index is 178. The topological polar surface area (TPSA) is 26.3 Å². The molecule has 0 aromatic rings. The zero-order valence-electron chi connectivity index (χ0n) is 12.4. The van der Waals surface area contributed by atoms with E-state index in [0.717, 1.165) is 19.3 Å². The Morgan fingerprint density at radius 3 is 2.06 bits per heavy atom. The number of ether oxygens (including phenoxy) is 1. The van der Waals surface area contributed by atoms with E-state index in [2.05, 4.69) is 13.8 Å². The minimum absolute atomic E-state index is 0.125. The molecule has 2 nitrogen and oxygen atoms in total. The highest BCUT2D eigenvalue weighted by atomic mass is 16.5. The van der Waals surface area contributed by atoms with Gasteiger partial charge in [0.2, 0.25) is 0 Å². The third-order valence-electron chi connectivity index (χ3n) is 3.11. The molecule has 0 fully saturated rings. The predicted molar refractivity (Wildman–Crippen MR) is 77.4 cm³/mol. The summed E-state index contributed by atoms with van der Waals surface area (Å²) in [5.74, 6) is -0.125. The van der Waals surface area contributed by atoms with E-state index < -0.39 is 0 Å². The van der Waals surface area contributed by atoms with Crippen LogP contribution >= 0.6 is 0 Å². The first kappa shape index (κ1) is 17.5. The standard InChI is InChI=1S/C16H31O2/c1-3-5-7-9-11-13-15-18-16(17)14-12-10-8-6-4-2/h14H,3-13,15H2,1-2H3. The Labute approximate surface area is 113 Å². The molecular weight excluding hydrogens is 224 g/mol. The normalized spacial score (nSPS) is 10.6. The quantitative estimate of drug-likeness (QED) is 0.339. The van der Waals surface area contributed by atoms with Crippen LogP contribution in [-0.2, 0) is 9.53 Å². The molecule has 1 radical (unpaired) electrons. The van der Waals surface area contributed by atoms with Crippen molar-refractivity contribution in [2.45, 2.75) is 84.5 Å². The van der Waals surface area contributed by atoms with Gasteiger partial charge in [0.1, 0.15) is 0 Å². The average molecular weight is 255 g/mol. The molecule has 0 saturated carbocycles.